The van der Waals surface area contributed by atoms with Crippen LogP contribution >= 0.6 is 0 Å². The van der Waals surface area contributed by atoms with Crippen molar-refractivity contribution in [2.75, 3.05) is 5.73 Å². The van der Waals surface area contributed by atoms with E-state index in [-0.39, 0.29) is 17.1 Å². The summed E-state index contributed by atoms with van der Waals surface area (Å²) in [6.45, 7) is 0. The predicted octanol–water partition coefficient (Wildman–Crippen LogP) is 2.72. The molecule has 2 aromatic carbocycles. The van der Waals surface area contributed by atoms with Crippen molar-refractivity contribution in [3.63, 3.8) is 0 Å². The summed E-state index contributed by atoms with van der Waals surface area (Å²) in [5.41, 5.74) is 8.02. The van der Waals surface area contributed by atoms with Crippen molar-refractivity contribution in [1.82, 2.24) is 19.9 Å². The molecule has 6 heteroatoms. The number of nitrogens with zero attached hydrogens (tertiary/aromatic N) is 3. The fourth-order valence-electron chi connectivity index (χ4n) is 1.83. The van der Waals surface area contributed by atoms with Gasteiger partial charge in [0, 0.05) is 0 Å². The Kier molecular flexibility index (Phi) is 4.87. The normalized spacial score (nSPS) is 9.71. The fourth-order valence-corrected chi connectivity index (χ4v) is 1.83. The molecule has 5 nitrogen and oxygen atoms in total. The number of H-pyrrole nitrogens is 1. The molecule has 0 amide bonds. The molecule has 4 rings (SSSR count). The van der Waals surface area contributed by atoms with E-state index < -0.39 is 0 Å². The largest absolute Gasteiger partial charge is 2.00 e. The van der Waals surface area contributed by atoms with Gasteiger partial charge in [-0.25, -0.2) is 39.2 Å². The molecular formula is C15H13FeN5. The van der Waals surface area contributed by atoms with Crippen LogP contribution in [0.25, 0.3) is 22.6 Å². The van der Waals surface area contributed by atoms with Gasteiger partial charge in [-0.15, -0.1) is 0 Å². The number of nitrogen functional groups attached to an aromatic ring is 1. The second-order valence-electron chi connectivity index (χ2n) is 4.17. The Morgan fingerprint density at radius 2 is 1.76 bits per heavy atom. The number of nitrogens with one attached hydrogen (secondary N) is 1. The summed E-state index contributed by atoms with van der Waals surface area (Å²) in [6, 6.07) is 17.7. The molecule has 0 saturated carbocycles. The number of nitrogens with two attached hydrogens (primary N) is 1. The van der Waals surface area contributed by atoms with Crippen LogP contribution in [0, 0.1) is 0 Å². The third kappa shape index (κ3) is 3.37. The smallest absolute Gasteiger partial charge is 0.382 e. The van der Waals surface area contributed by atoms with Gasteiger partial charge in [0.1, 0.15) is 11.3 Å². The van der Waals surface area contributed by atoms with Crippen LogP contribution in [0.4, 0.5) is 5.82 Å². The molecular weight excluding hydrogens is 306 g/mol. The standard InChI is InChI=1S/C10H8N5.C5H5.Fe/c11-8-7-10(13-5-12-7)15-9(14-8)6-3-1-2-4-6;1-2-4-5-3-1;/h1-5H,(H3,11,12,13,14,15);1-5H;/q2*-1;+2. The van der Waals surface area contributed by atoms with Crippen molar-refractivity contribution in [1.29, 1.82) is 0 Å². The van der Waals surface area contributed by atoms with Crippen LogP contribution in [0.1, 0.15) is 0 Å². The number of imidazole rings is 1. The van der Waals surface area contributed by atoms with Gasteiger partial charge < -0.3 is 10.7 Å². The van der Waals surface area contributed by atoms with Crippen molar-refractivity contribution in [3.05, 3.63) is 60.9 Å². The van der Waals surface area contributed by atoms with E-state index in [1.165, 1.54) is 0 Å². The number of fused-ring (bicyclic) bond motifs is 1. The monoisotopic (exact) mass is 319 g/mol. The molecule has 21 heavy (non-hydrogen) atoms. The van der Waals surface area contributed by atoms with Crippen LogP contribution < -0.4 is 5.73 Å². The summed E-state index contributed by atoms with van der Waals surface area (Å²) in [5, 5.41) is 0. The van der Waals surface area contributed by atoms with E-state index >= 15 is 0 Å². The SMILES string of the molecule is Nc1nc(-[c-]2cccc2)nc2nc[nH]c12.[Fe+2].c1cc[cH-]c1. The molecule has 2 aromatic heterocycles. The molecule has 0 aliphatic rings. The van der Waals surface area contributed by atoms with E-state index in [1.807, 2.05) is 54.6 Å². The molecule has 0 aliphatic carbocycles. The van der Waals surface area contributed by atoms with Crippen molar-refractivity contribution in [2.24, 2.45) is 0 Å². The van der Waals surface area contributed by atoms with Crippen LogP contribution in [0.15, 0.2) is 60.9 Å². The minimum absolute atomic E-state index is 0. The number of aromatic amines is 1. The first-order chi connectivity index (χ1) is 9.84. The molecule has 0 saturated heterocycles. The van der Waals surface area contributed by atoms with Gasteiger partial charge in [0.25, 0.3) is 0 Å². The van der Waals surface area contributed by atoms with Crippen molar-refractivity contribution in [2.45, 2.75) is 0 Å². The quantitative estimate of drug-likeness (QED) is 0.417. The maximum Gasteiger partial charge on any atom is 2.00 e. The van der Waals surface area contributed by atoms with Crippen LogP contribution in [0.5, 0.6) is 0 Å². The predicted molar refractivity (Wildman–Crippen MR) is 79.2 cm³/mol. The third-order valence-electron chi connectivity index (χ3n) is 2.79. The van der Waals surface area contributed by atoms with Gasteiger partial charge in [-0.3, -0.25) is 0 Å². The number of hydrogen-bond acceptors (Lipinski definition) is 4. The molecule has 106 valence electrons. The number of aromatic nitrogens is 4. The molecule has 0 spiro atoms. The first-order valence-corrected chi connectivity index (χ1v) is 6.20. The first-order valence-electron chi connectivity index (χ1n) is 6.20. The first kappa shape index (κ1) is 15.0. The van der Waals surface area contributed by atoms with Crippen molar-refractivity contribution >= 4 is 17.0 Å². The second kappa shape index (κ2) is 6.83. The Labute approximate surface area is 132 Å². The molecule has 4 aromatic rings. The Morgan fingerprint density at radius 3 is 2.38 bits per heavy atom. The van der Waals surface area contributed by atoms with Gasteiger partial charge in [0.2, 0.25) is 0 Å². The van der Waals surface area contributed by atoms with Crippen LogP contribution in [-0.2, 0) is 17.1 Å². The second-order valence-corrected chi connectivity index (χ2v) is 4.17. The van der Waals surface area contributed by atoms with E-state index in [0.29, 0.717) is 22.8 Å². The summed E-state index contributed by atoms with van der Waals surface area (Å²) in [5.74, 6) is 1.03. The van der Waals surface area contributed by atoms with E-state index in [9.17, 15) is 0 Å². The molecule has 2 heterocycles. The van der Waals surface area contributed by atoms with Gasteiger partial charge in [0.15, 0.2) is 11.5 Å². The maximum atomic E-state index is 5.79. The molecule has 0 radical (unpaired) electrons. The van der Waals surface area contributed by atoms with E-state index in [2.05, 4.69) is 19.9 Å². The minimum atomic E-state index is 0. The molecule has 0 fully saturated rings. The number of hydrogen-bond donors (Lipinski definition) is 2. The summed E-state index contributed by atoms with van der Waals surface area (Å²) in [6.07, 6.45) is 1.56. The van der Waals surface area contributed by atoms with Crippen molar-refractivity contribution in [3.8, 4) is 11.4 Å². The van der Waals surface area contributed by atoms with Gasteiger partial charge in [-0.05, 0) is 0 Å². The van der Waals surface area contributed by atoms with E-state index in [4.69, 9.17) is 5.73 Å². The topological polar surface area (TPSA) is 80.5 Å². The zero-order valence-electron chi connectivity index (χ0n) is 11.0. The molecule has 0 atom stereocenters. The maximum absolute atomic E-state index is 5.79. The van der Waals surface area contributed by atoms with Gasteiger partial charge in [0.05, 0.1) is 6.33 Å². The van der Waals surface area contributed by atoms with Gasteiger partial charge in [-0.2, -0.15) is 30.3 Å². The Balaban J connectivity index is 0.000000231. The van der Waals surface area contributed by atoms with Crippen LogP contribution in [0.3, 0.4) is 0 Å². The van der Waals surface area contributed by atoms with Gasteiger partial charge >= 0.3 is 17.1 Å². The fraction of sp³-hybridized carbons (Fsp3) is 0. The van der Waals surface area contributed by atoms with Gasteiger partial charge in [-0.1, -0.05) is 5.56 Å². The molecule has 0 aliphatic heterocycles. The Hall–Kier alpha value is -2.43. The van der Waals surface area contributed by atoms with Crippen LogP contribution in [0.2, 0.25) is 0 Å². The minimum Gasteiger partial charge on any atom is -0.382 e. The van der Waals surface area contributed by atoms with E-state index in [1.54, 1.807) is 6.33 Å². The summed E-state index contributed by atoms with van der Waals surface area (Å²) < 4.78 is 0. The Bertz CT molecular complexity index is 755. The molecule has 3 N–H and O–H groups in total. The van der Waals surface area contributed by atoms with Crippen LogP contribution in [-0.4, -0.2) is 19.9 Å². The van der Waals surface area contributed by atoms with Crippen molar-refractivity contribution < 1.29 is 17.1 Å². The number of anilines is 1. The molecule has 0 unspecified atom stereocenters. The molecule has 0 bridgehead atoms. The summed E-state index contributed by atoms with van der Waals surface area (Å²) >= 11 is 0. The summed E-state index contributed by atoms with van der Waals surface area (Å²) in [4.78, 5) is 15.5. The Morgan fingerprint density at radius 1 is 1.05 bits per heavy atom. The zero-order chi connectivity index (χ0) is 13.8. The average molecular weight is 319 g/mol. The average Bonchev–Trinajstić information content (AvgIpc) is 3.22. The third-order valence-corrected chi connectivity index (χ3v) is 2.79. The summed E-state index contributed by atoms with van der Waals surface area (Å²) in [7, 11) is 0. The van der Waals surface area contributed by atoms with E-state index in [0.717, 1.165) is 5.56 Å². The zero-order valence-corrected chi connectivity index (χ0v) is 12.2. The number of rotatable bonds is 1.